The summed E-state index contributed by atoms with van der Waals surface area (Å²) in [4.78, 5) is 27.4. The molecule has 0 saturated carbocycles. The van der Waals surface area contributed by atoms with E-state index in [9.17, 15) is 18.0 Å². The second-order valence-electron chi connectivity index (χ2n) is 6.82. The third-order valence-corrected chi connectivity index (χ3v) is 6.10. The van der Waals surface area contributed by atoms with E-state index in [0.29, 0.717) is 6.54 Å². The second-order valence-corrected chi connectivity index (χ2v) is 8.46. The van der Waals surface area contributed by atoms with Crippen LogP contribution in [0.15, 0.2) is 22.5 Å². The molecule has 2 saturated heterocycles. The van der Waals surface area contributed by atoms with Crippen molar-refractivity contribution in [3.05, 3.63) is 22.5 Å². The number of methoxy groups -OCH3 is 1. The normalized spacial score (nSPS) is 36.8. The van der Waals surface area contributed by atoms with Crippen molar-refractivity contribution in [2.45, 2.75) is 24.7 Å². The van der Waals surface area contributed by atoms with Crippen LogP contribution in [0.1, 0.15) is 6.92 Å². The first-order chi connectivity index (χ1) is 11.6. The highest BCUT2D eigenvalue weighted by Crippen LogP contribution is 2.55. The zero-order chi connectivity index (χ0) is 18.3. The number of fused-ring (bicyclic) bond motifs is 4. The number of nitrogens with two attached hydrogens (primary N) is 1. The van der Waals surface area contributed by atoms with E-state index in [4.69, 9.17) is 14.7 Å². The molecule has 3 heterocycles. The number of nitrogens with zero attached hydrogens (tertiary/aromatic N) is 1. The van der Waals surface area contributed by atoms with Crippen molar-refractivity contribution in [1.29, 1.82) is 0 Å². The fraction of sp³-hybridized carbons (Fsp3) is 0.600. The first kappa shape index (κ1) is 16.7. The van der Waals surface area contributed by atoms with Crippen LogP contribution in [-0.4, -0.2) is 69.2 Å². The number of allylic oxidation sites excluding steroid dienone is 2. The monoisotopic (exact) mass is 369 g/mol. The summed E-state index contributed by atoms with van der Waals surface area (Å²) in [6.07, 6.45) is 0.938. The lowest BCUT2D eigenvalue weighted by Crippen LogP contribution is -2.55. The van der Waals surface area contributed by atoms with Crippen molar-refractivity contribution in [2.75, 3.05) is 26.5 Å². The molecule has 4 atom stereocenters. The molecule has 3 N–H and O–H groups in total. The van der Waals surface area contributed by atoms with Crippen LogP contribution in [0.2, 0.25) is 0 Å². The zero-order valence-corrected chi connectivity index (χ0v) is 14.8. The molecule has 0 radical (unpaired) electrons. The van der Waals surface area contributed by atoms with Gasteiger partial charge >= 0.3 is 0 Å². The number of ketones is 2. The predicted octanol–water partition coefficient (Wildman–Crippen LogP) is -1.77. The fourth-order valence-electron chi connectivity index (χ4n) is 4.34. The third kappa shape index (κ3) is 2.02. The number of Topliss-reactive ketones (excluding diaryl/α,β-unsaturated/α-hetero) is 2. The average molecular weight is 369 g/mol. The Morgan fingerprint density at radius 1 is 1.36 bits per heavy atom. The van der Waals surface area contributed by atoms with Gasteiger partial charge < -0.3 is 20.7 Å². The predicted molar refractivity (Wildman–Crippen MR) is 85.4 cm³/mol. The van der Waals surface area contributed by atoms with Crippen molar-refractivity contribution in [1.82, 2.24) is 10.2 Å². The van der Waals surface area contributed by atoms with Gasteiger partial charge in [0.1, 0.15) is 0 Å². The van der Waals surface area contributed by atoms with Crippen molar-refractivity contribution >= 4 is 21.7 Å². The number of hydrogen-bond acceptors (Lipinski definition) is 9. The van der Waals surface area contributed by atoms with Crippen LogP contribution in [-0.2, 0) is 28.6 Å². The topological polar surface area (TPSA) is 138 Å². The highest BCUT2D eigenvalue weighted by atomic mass is 32.2. The minimum atomic E-state index is -3.73. The van der Waals surface area contributed by atoms with E-state index < -0.39 is 27.5 Å². The van der Waals surface area contributed by atoms with Gasteiger partial charge in [-0.3, -0.25) is 13.8 Å². The molecule has 4 aliphatic rings. The Kier molecular flexibility index (Phi) is 3.28. The molecule has 4 rings (SSSR count). The van der Waals surface area contributed by atoms with Crippen molar-refractivity contribution in [3.8, 4) is 0 Å². The summed E-state index contributed by atoms with van der Waals surface area (Å²) in [5.74, 6) is -1.52. The molecule has 25 heavy (non-hydrogen) atoms. The molecule has 0 aromatic rings. The largest absolute Gasteiger partial charge is 0.395 e. The average Bonchev–Trinajstić information content (AvgIpc) is 3.15. The van der Waals surface area contributed by atoms with Crippen molar-refractivity contribution in [2.24, 2.45) is 11.7 Å². The lowest BCUT2D eigenvalue weighted by molar-refractivity contribution is -0.135. The van der Waals surface area contributed by atoms with E-state index >= 15 is 0 Å². The molecule has 0 aromatic carbocycles. The number of piperazine rings is 1. The number of carbonyl (C=O) groups is 2. The highest BCUT2D eigenvalue weighted by molar-refractivity contribution is 7.85. The summed E-state index contributed by atoms with van der Waals surface area (Å²) in [5.41, 5.74) is 5.34. The van der Waals surface area contributed by atoms with E-state index in [1.54, 1.807) is 4.90 Å². The van der Waals surface area contributed by atoms with Gasteiger partial charge in [-0.05, 0) is 6.92 Å². The Morgan fingerprint density at radius 2 is 2.04 bits per heavy atom. The quantitative estimate of drug-likeness (QED) is 0.335. The van der Waals surface area contributed by atoms with E-state index in [-0.39, 0.29) is 47.0 Å². The minimum absolute atomic E-state index is 0.110. The van der Waals surface area contributed by atoms with Crippen LogP contribution in [0.3, 0.4) is 0 Å². The summed E-state index contributed by atoms with van der Waals surface area (Å²) in [6, 6.07) is 0.0135. The minimum Gasteiger partial charge on any atom is -0.395 e. The maximum absolute atomic E-state index is 12.8. The van der Waals surface area contributed by atoms with E-state index in [1.165, 1.54) is 14.0 Å². The molecule has 0 unspecified atom stereocenters. The molecule has 2 fully saturated rings. The molecule has 10 heteroatoms. The number of hydrogen-bond donors (Lipinski definition) is 2. The Morgan fingerprint density at radius 3 is 2.64 bits per heavy atom. The Labute approximate surface area is 144 Å². The van der Waals surface area contributed by atoms with Crippen molar-refractivity contribution < 1.29 is 26.9 Å². The first-order valence-electron chi connectivity index (χ1n) is 7.86. The van der Waals surface area contributed by atoms with Gasteiger partial charge in [0.15, 0.2) is 5.72 Å². The van der Waals surface area contributed by atoms with Gasteiger partial charge in [0.05, 0.1) is 36.2 Å². The van der Waals surface area contributed by atoms with Gasteiger partial charge in [-0.1, -0.05) is 0 Å². The SMILES string of the molecule is CO[C@@]12[C@@H](COS(C)(=O)=O)C3=C(C(=O)C(C)=C(N)C3=O)N1C[C@@H]1N[C@@H]12. The molecule has 0 aromatic heterocycles. The van der Waals surface area contributed by atoms with E-state index in [1.807, 2.05) is 0 Å². The smallest absolute Gasteiger partial charge is 0.264 e. The maximum atomic E-state index is 12.8. The summed E-state index contributed by atoms with van der Waals surface area (Å²) < 4.78 is 33.8. The molecule has 0 bridgehead atoms. The van der Waals surface area contributed by atoms with Gasteiger partial charge in [0, 0.05) is 30.8 Å². The third-order valence-electron chi connectivity index (χ3n) is 5.53. The van der Waals surface area contributed by atoms with Crippen LogP contribution in [0, 0.1) is 5.92 Å². The van der Waals surface area contributed by atoms with Gasteiger partial charge in [-0.15, -0.1) is 0 Å². The Hall–Kier alpha value is -1.75. The molecule has 0 spiro atoms. The number of ether oxygens (including phenoxy) is 1. The fourth-order valence-corrected chi connectivity index (χ4v) is 4.72. The first-order valence-corrected chi connectivity index (χ1v) is 9.68. The van der Waals surface area contributed by atoms with Crippen LogP contribution >= 0.6 is 0 Å². The zero-order valence-electron chi connectivity index (χ0n) is 14.0. The van der Waals surface area contributed by atoms with E-state index in [2.05, 4.69) is 5.32 Å². The highest BCUT2D eigenvalue weighted by Gasteiger charge is 2.72. The van der Waals surface area contributed by atoms with Gasteiger partial charge in [-0.2, -0.15) is 8.42 Å². The second kappa shape index (κ2) is 4.91. The molecule has 136 valence electrons. The molecule has 9 nitrogen and oxygen atoms in total. The number of carbonyl (C=O) groups excluding carboxylic acids is 2. The summed E-state index contributed by atoms with van der Waals surface area (Å²) in [6.45, 7) is 1.72. The standard InChI is InChI=1S/C15H19N3O6S/c1-6-10(16)13(20)9-7(5-24-25(3,21)22)15(23-2)14-8(17-14)4-18(15)11(9)12(6)19/h7-8,14,17H,4-5,16H2,1-3H3/t7-,8-,14-,15+/m0/s1. The lowest BCUT2D eigenvalue weighted by atomic mass is 9.82. The van der Waals surface area contributed by atoms with Crippen LogP contribution in [0.5, 0.6) is 0 Å². The lowest BCUT2D eigenvalue weighted by Gasteiger charge is -2.39. The molecular formula is C15H19N3O6S. The van der Waals surface area contributed by atoms with Crippen LogP contribution in [0.4, 0.5) is 0 Å². The van der Waals surface area contributed by atoms with Gasteiger partial charge in [-0.25, -0.2) is 0 Å². The summed E-state index contributed by atoms with van der Waals surface area (Å²) in [7, 11) is -2.24. The number of rotatable bonds is 4. The number of nitrogens with one attached hydrogen (secondary N) is 1. The Balaban J connectivity index is 1.85. The van der Waals surface area contributed by atoms with Crippen LogP contribution in [0.25, 0.3) is 0 Å². The molecule has 0 amide bonds. The summed E-state index contributed by atoms with van der Waals surface area (Å²) >= 11 is 0. The molecule has 3 aliphatic heterocycles. The molecular weight excluding hydrogens is 350 g/mol. The molecule has 1 aliphatic carbocycles. The maximum Gasteiger partial charge on any atom is 0.264 e. The van der Waals surface area contributed by atoms with Crippen molar-refractivity contribution in [3.63, 3.8) is 0 Å². The van der Waals surface area contributed by atoms with E-state index in [0.717, 1.165) is 6.26 Å². The Bertz CT molecular complexity index is 876. The van der Waals surface area contributed by atoms with Gasteiger partial charge in [0.25, 0.3) is 10.1 Å². The van der Waals surface area contributed by atoms with Gasteiger partial charge in [0.2, 0.25) is 11.6 Å². The van der Waals surface area contributed by atoms with Crippen LogP contribution < -0.4 is 11.1 Å². The summed E-state index contributed by atoms with van der Waals surface area (Å²) in [5, 5.41) is 3.25.